The summed E-state index contributed by atoms with van der Waals surface area (Å²) in [6, 6.07) is 20.1. The summed E-state index contributed by atoms with van der Waals surface area (Å²) in [6.07, 6.45) is 2.51. The molecule has 38 heavy (non-hydrogen) atoms. The quantitative estimate of drug-likeness (QED) is 0.462. The molecule has 0 bridgehead atoms. The highest BCUT2D eigenvalue weighted by Gasteiger charge is 2.38. The summed E-state index contributed by atoms with van der Waals surface area (Å²) in [5.41, 5.74) is 2.26. The molecule has 196 valence electrons. The maximum atomic E-state index is 12.5. The Morgan fingerprint density at radius 3 is 2.18 bits per heavy atom. The molecule has 2 aromatic carbocycles. The van der Waals surface area contributed by atoms with Gasteiger partial charge in [0.25, 0.3) is 0 Å². The van der Waals surface area contributed by atoms with Gasteiger partial charge in [-0.05, 0) is 44.7 Å². The van der Waals surface area contributed by atoms with Gasteiger partial charge in [-0.2, -0.15) is 0 Å². The van der Waals surface area contributed by atoms with Crippen molar-refractivity contribution in [3.05, 3.63) is 83.9 Å². The molecule has 0 unspecified atom stereocenters. The van der Waals surface area contributed by atoms with Gasteiger partial charge in [0.2, 0.25) is 0 Å². The highest BCUT2D eigenvalue weighted by atomic mass is 16.6. The zero-order valence-corrected chi connectivity index (χ0v) is 21.8. The maximum Gasteiger partial charge on any atom is 0.410 e. The number of benzene rings is 2. The summed E-state index contributed by atoms with van der Waals surface area (Å²) >= 11 is 0. The predicted octanol–water partition coefficient (Wildman–Crippen LogP) is 4.98. The Labute approximate surface area is 222 Å². The van der Waals surface area contributed by atoms with E-state index < -0.39 is 5.60 Å². The molecule has 0 aliphatic carbocycles. The van der Waals surface area contributed by atoms with Crippen molar-refractivity contribution in [3.8, 4) is 0 Å². The minimum atomic E-state index is -0.545. The van der Waals surface area contributed by atoms with Crippen LogP contribution in [0.4, 0.5) is 22.1 Å². The zero-order valence-electron chi connectivity index (χ0n) is 21.8. The summed E-state index contributed by atoms with van der Waals surface area (Å²) in [5, 5.41) is 6.77. The van der Waals surface area contributed by atoms with Crippen molar-refractivity contribution < 1.29 is 14.3 Å². The Bertz CT molecular complexity index is 1290. The van der Waals surface area contributed by atoms with Crippen LogP contribution in [0.2, 0.25) is 0 Å². The van der Waals surface area contributed by atoms with Gasteiger partial charge in [-0.15, -0.1) is 0 Å². The molecule has 9 nitrogen and oxygen atoms in total. The van der Waals surface area contributed by atoms with Crippen LogP contribution in [0.1, 0.15) is 50.8 Å². The van der Waals surface area contributed by atoms with Crippen LogP contribution in [0.25, 0.3) is 0 Å². The van der Waals surface area contributed by atoms with Gasteiger partial charge >= 0.3 is 6.09 Å². The van der Waals surface area contributed by atoms with E-state index in [0.717, 1.165) is 11.1 Å². The molecule has 2 N–H and O–H groups in total. The number of anilines is 3. The fraction of sp³-hybridized carbons (Fsp3) is 0.345. The lowest BCUT2D eigenvalue weighted by Gasteiger charge is -2.37. The average Bonchev–Trinajstić information content (AvgIpc) is 3.31. The number of hydrogen-bond donors (Lipinski definition) is 2. The van der Waals surface area contributed by atoms with Crippen molar-refractivity contribution in [1.82, 2.24) is 14.9 Å². The molecule has 3 aromatic rings. The van der Waals surface area contributed by atoms with Crippen molar-refractivity contribution in [1.29, 1.82) is 0 Å². The van der Waals surface area contributed by atoms with Crippen molar-refractivity contribution in [2.75, 3.05) is 28.6 Å². The van der Waals surface area contributed by atoms with Crippen molar-refractivity contribution in [3.63, 3.8) is 0 Å². The van der Waals surface area contributed by atoms with Gasteiger partial charge in [-0.25, -0.2) is 19.6 Å². The van der Waals surface area contributed by atoms with E-state index >= 15 is 0 Å². The number of fused-ring (bicyclic) bond motifs is 1. The van der Waals surface area contributed by atoms with Crippen LogP contribution in [0.5, 0.6) is 0 Å². The topological polar surface area (TPSA) is 99.7 Å². The third kappa shape index (κ3) is 5.33. The van der Waals surface area contributed by atoms with E-state index in [1.165, 1.54) is 6.33 Å². The molecule has 1 amide bonds. The summed E-state index contributed by atoms with van der Waals surface area (Å²) in [7, 11) is 0. The molecule has 1 aromatic heterocycles. The number of nitrogens with one attached hydrogen (secondary N) is 2. The molecule has 3 heterocycles. The monoisotopic (exact) mass is 512 g/mol. The van der Waals surface area contributed by atoms with Gasteiger partial charge in [0.15, 0.2) is 23.4 Å². The van der Waals surface area contributed by atoms with Gasteiger partial charge in [0.05, 0.1) is 6.04 Å². The van der Waals surface area contributed by atoms with E-state index in [0.29, 0.717) is 49.1 Å². The lowest BCUT2D eigenvalue weighted by atomic mass is 9.98. The number of rotatable bonds is 5. The Balaban J connectivity index is 1.39. The van der Waals surface area contributed by atoms with Crippen LogP contribution in [0.3, 0.4) is 0 Å². The second-order valence-corrected chi connectivity index (χ2v) is 10.5. The summed E-state index contributed by atoms with van der Waals surface area (Å²) in [5.74, 6) is 3.56. The molecule has 2 aliphatic heterocycles. The molecular formula is C29H32N6O3. The van der Waals surface area contributed by atoms with E-state index in [2.05, 4.69) is 44.9 Å². The SMILES string of the molecule is CC(C)(C)OC(=O)N1CCC(N2C(=C=O)Nc3c(NC(c4ccccc4)c4ccccc4)ncnc32)CC1. The first kappa shape index (κ1) is 25.3. The molecule has 0 atom stereocenters. The molecule has 5 rings (SSSR count). The average molecular weight is 513 g/mol. The first-order chi connectivity index (χ1) is 18.3. The predicted molar refractivity (Wildman–Crippen MR) is 147 cm³/mol. The Hall–Kier alpha value is -4.36. The Kier molecular flexibility index (Phi) is 7.03. The zero-order chi connectivity index (χ0) is 26.7. The van der Waals surface area contributed by atoms with Crippen LogP contribution >= 0.6 is 0 Å². The number of likely N-dealkylation sites (tertiary alicyclic amines) is 1. The van der Waals surface area contributed by atoms with Crippen molar-refractivity contribution in [2.45, 2.75) is 51.3 Å². The summed E-state index contributed by atoms with van der Waals surface area (Å²) in [6.45, 7) is 6.63. The highest BCUT2D eigenvalue weighted by Crippen LogP contribution is 2.42. The van der Waals surface area contributed by atoms with Crippen LogP contribution in [-0.4, -0.2) is 51.6 Å². The van der Waals surface area contributed by atoms with E-state index in [1.807, 2.05) is 68.0 Å². The number of piperidine rings is 1. The first-order valence-electron chi connectivity index (χ1n) is 12.8. The maximum absolute atomic E-state index is 12.5. The van der Waals surface area contributed by atoms with Crippen molar-refractivity contribution in [2.24, 2.45) is 0 Å². The van der Waals surface area contributed by atoms with Crippen LogP contribution in [-0.2, 0) is 9.53 Å². The standard InChI is InChI=1S/C29H32N6O3/c1-29(2,3)38-28(37)34-16-14-22(15-17-34)35-23(18-36)32-25-26(30-19-31-27(25)35)33-24(20-10-6-4-7-11-20)21-12-8-5-9-13-21/h4-13,19,22,24,32H,14-17H2,1-3H3,(H,30,31,33). The number of carbonyl (C=O) groups excluding carboxylic acids is 2. The van der Waals surface area contributed by atoms with Gasteiger partial charge in [-0.1, -0.05) is 60.7 Å². The molecule has 1 saturated heterocycles. The molecule has 2 aliphatic rings. The number of amides is 1. The van der Waals surface area contributed by atoms with E-state index in [4.69, 9.17) is 4.74 Å². The second kappa shape index (κ2) is 10.6. The number of aromatic nitrogens is 2. The molecule has 9 heteroatoms. The smallest absolute Gasteiger partial charge is 0.410 e. The lowest BCUT2D eigenvalue weighted by molar-refractivity contribution is 0.0206. The summed E-state index contributed by atoms with van der Waals surface area (Å²) in [4.78, 5) is 37.2. The van der Waals surface area contributed by atoms with Crippen molar-refractivity contribution >= 4 is 29.4 Å². The Morgan fingerprint density at radius 1 is 1.03 bits per heavy atom. The van der Waals surface area contributed by atoms with E-state index in [1.54, 1.807) is 4.90 Å². The van der Waals surface area contributed by atoms with Crippen LogP contribution in [0.15, 0.2) is 72.8 Å². The van der Waals surface area contributed by atoms with Crippen LogP contribution in [0, 0.1) is 0 Å². The highest BCUT2D eigenvalue weighted by molar-refractivity contribution is 5.90. The van der Waals surface area contributed by atoms with Gasteiger partial charge in [0, 0.05) is 19.1 Å². The number of nitrogens with zero attached hydrogens (tertiary/aromatic N) is 4. The second-order valence-electron chi connectivity index (χ2n) is 10.5. The molecule has 0 saturated carbocycles. The number of carbonyl (C=O) groups is 1. The van der Waals surface area contributed by atoms with E-state index in [9.17, 15) is 9.59 Å². The molecule has 0 spiro atoms. The lowest BCUT2D eigenvalue weighted by Crippen LogP contribution is -2.47. The molecule has 0 radical (unpaired) electrons. The van der Waals surface area contributed by atoms with E-state index in [-0.39, 0.29) is 18.2 Å². The third-order valence-electron chi connectivity index (χ3n) is 6.66. The summed E-state index contributed by atoms with van der Waals surface area (Å²) < 4.78 is 5.53. The Morgan fingerprint density at radius 2 is 1.63 bits per heavy atom. The van der Waals surface area contributed by atoms with Gasteiger partial charge in [0.1, 0.15) is 17.6 Å². The number of ether oxygens (including phenoxy) is 1. The number of hydrogen-bond acceptors (Lipinski definition) is 8. The minimum absolute atomic E-state index is 0.0271. The third-order valence-corrected chi connectivity index (χ3v) is 6.66. The first-order valence-corrected chi connectivity index (χ1v) is 12.8. The molecule has 1 fully saturated rings. The van der Waals surface area contributed by atoms with Gasteiger partial charge < -0.3 is 20.3 Å². The largest absolute Gasteiger partial charge is 0.444 e. The normalized spacial score (nSPS) is 15.6. The minimum Gasteiger partial charge on any atom is -0.444 e. The van der Waals surface area contributed by atoms with Crippen LogP contribution < -0.4 is 15.5 Å². The van der Waals surface area contributed by atoms with Gasteiger partial charge in [-0.3, -0.25) is 4.90 Å². The fourth-order valence-corrected chi connectivity index (χ4v) is 4.92. The fourth-order valence-electron chi connectivity index (χ4n) is 4.92. The molecular weight excluding hydrogens is 480 g/mol.